The van der Waals surface area contributed by atoms with Crippen molar-refractivity contribution in [3.05, 3.63) is 22.2 Å². The van der Waals surface area contributed by atoms with Gasteiger partial charge in [-0.2, -0.15) is 8.78 Å². The number of carboxylic acid groups (broad SMARTS) is 1. The van der Waals surface area contributed by atoms with Crippen LogP contribution in [0.5, 0.6) is 5.75 Å². The van der Waals surface area contributed by atoms with Gasteiger partial charge in [0.25, 0.3) is 0 Å². The Bertz CT molecular complexity index is 870. The van der Waals surface area contributed by atoms with Crippen molar-refractivity contribution in [2.75, 3.05) is 4.90 Å². The van der Waals surface area contributed by atoms with E-state index in [1.807, 2.05) is 33.6 Å². The molecule has 0 atom stereocenters. The fourth-order valence-electron chi connectivity index (χ4n) is 4.97. The first-order valence-electron chi connectivity index (χ1n) is 9.12. The molecule has 1 aliphatic carbocycles. The molecule has 1 fully saturated rings. The van der Waals surface area contributed by atoms with Crippen LogP contribution in [0, 0.1) is 23.2 Å². The predicted octanol–water partition coefficient (Wildman–Crippen LogP) is 5.62. The molecule has 0 radical (unpaired) electrons. The van der Waals surface area contributed by atoms with E-state index in [1.54, 1.807) is 0 Å². The molecule has 1 N–H and O–H groups in total. The summed E-state index contributed by atoms with van der Waals surface area (Å²) in [4.78, 5) is 26.4. The third kappa shape index (κ3) is 4.81. The fourth-order valence-corrected chi connectivity index (χ4v) is 5.54. The second kappa shape index (κ2) is 8.24. The van der Waals surface area contributed by atoms with Gasteiger partial charge in [-0.25, -0.2) is 4.79 Å². The normalized spacial score (nSPS) is 19.1. The number of rotatable bonds is 5. The largest absolute Gasteiger partial charge is 0.479 e. The van der Waals surface area contributed by atoms with Gasteiger partial charge in [-0.05, 0) is 48.1 Å². The Balaban J connectivity index is 2.74. The van der Waals surface area contributed by atoms with Crippen LogP contribution < -0.4 is 9.64 Å². The van der Waals surface area contributed by atoms with Crippen molar-refractivity contribution in [3.63, 3.8) is 0 Å². The molecule has 1 aromatic rings. The first kappa shape index (κ1) is 24.2. The van der Waals surface area contributed by atoms with Gasteiger partial charge in [0, 0.05) is 5.69 Å². The SMILES string of the molecule is C#CC(=O)N(c1cc(Cl)c(OC(F)F)c(Cl)c1)C1(C(=O)O)CC(C)(C)CC(C)(C)C1. The third-order valence-corrected chi connectivity index (χ3v) is 5.66. The molecule has 0 unspecified atom stereocenters. The highest BCUT2D eigenvalue weighted by Gasteiger charge is 2.57. The first-order chi connectivity index (χ1) is 13.6. The number of carbonyl (C=O) groups excluding carboxylic acids is 1. The number of halogens is 4. The summed E-state index contributed by atoms with van der Waals surface area (Å²) in [6.07, 6.45) is 6.33. The molecule has 0 aliphatic heterocycles. The van der Waals surface area contributed by atoms with E-state index in [0.717, 1.165) is 23.5 Å². The van der Waals surface area contributed by atoms with Crippen molar-refractivity contribution < 1.29 is 28.2 Å². The van der Waals surface area contributed by atoms with E-state index < -0.39 is 40.6 Å². The topological polar surface area (TPSA) is 66.8 Å². The Hall–Kier alpha value is -2.04. The van der Waals surface area contributed by atoms with Gasteiger partial charge in [0.1, 0.15) is 5.54 Å². The Kier molecular flexibility index (Phi) is 6.65. The van der Waals surface area contributed by atoms with Crippen molar-refractivity contribution in [3.8, 4) is 18.1 Å². The number of ether oxygens (including phenoxy) is 1. The van der Waals surface area contributed by atoms with Crippen molar-refractivity contribution in [1.82, 2.24) is 0 Å². The summed E-state index contributed by atoms with van der Waals surface area (Å²) < 4.78 is 29.6. The zero-order valence-electron chi connectivity index (χ0n) is 17.1. The lowest BCUT2D eigenvalue weighted by Gasteiger charge is -2.53. The number of nitrogens with zero attached hydrogens (tertiary/aromatic N) is 1. The molecule has 2 rings (SSSR count). The zero-order valence-corrected chi connectivity index (χ0v) is 18.6. The molecule has 0 heterocycles. The van der Waals surface area contributed by atoms with Crippen molar-refractivity contribution in [1.29, 1.82) is 0 Å². The predicted molar refractivity (Wildman–Crippen MR) is 111 cm³/mol. The van der Waals surface area contributed by atoms with Crippen LogP contribution in [-0.2, 0) is 9.59 Å². The number of terminal acetylenes is 1. The van der Waals surface area contributed by atoms with Crippen LogP contribution in [0.3, 0.4) is 0 Å². The number of anilines is 1. The minimum atomic E-state index is -3.17. The molecule has 1 aromatic carbocycles. The average molecular weight is 462 g/mol. The van der Waals surface area contributed by atoms with Crippen LogP contribution in [0.4, 0.5) is 14.5 Å². The van der Waals surface area contributed by atoms with Gasteiger partial charge in [0.15, 0.2) is 5.75 Å². The summed E-state index contributed by atoms with van der Waals surface area (Å²) in [5.41, 5.74) is -2.56. The smallest absolute Gasteiger partial charge is 0.387 e. The van der Waals surface area contributed by atoms with Crippen LogP contribution in [-0.4, -0.2) is 29.1 Å². The van der Waals surface area contributed by atoms with Gasteiger partial charge in [-0.15, -0.1) is 6.42 Å². The summed E-state index contributed by atoms with van der Waals surface area (Å²) in [7, 11) is 0. The second-order valence-corrected chi connectivity index (χ2v) is 9.91. The van der Waals surface area contributed by atoms with Gasteiger partial charge in [0.2, 0.25) is 0 Å². The molecule has 0 saturated heterocycles. The number of carboxylic acids is 1. The highest BCUT2D eigenvalue weighted by Crippen LogP contribution is 2.54. The fraction of sp³-hybridized carbons (Fsp3) is 0.524. The minimum Gasteiger partial charge on any atom is -0.479 e. The molecule has 30 heavy (non-hydrogen) atoms. The molecular formula is C21H23Cl2F2NO4. The van der Waals surface area contributed by atoms with Gasteiger partial charge >= 0.3 is 18.5 Å². The average Bonchev–Trinajstić information content (AvgIpc) is 2.55. The maximum Gasteiger partial charge on any atom is 0.387 e. The van der Waals surface area contributed by atoms with E-state index in [4.69, 9.17) is 29.6 Å². The molecular weight excluding hydrogens is 439 g/mol. The molecule has 5 nitrogen and oxygen atoms in total. The lowest BCUT2D eigenvalue weighted by molar-refractivity contribution is -0.150. The number of hydrogen-bond acceptors (Lipinski definition) is 3. The van der Waals surface area contributed by atoms with Crippen LogP contribution in [0.2, 0.25) is 10.0 Å². The summed E-state index contributed by atoms with van der Waals surface area (Å²) in [5, 5.41) is 9.68. The Morgan fingerprint density at radius 1 is 1.13 bits per heavy atom. The van der Waals surface area contributed by atoms with Crippen LogP contribution in [0.25, 0.3) is 0 Å². The second-order valence-electron chi connectivity index (χ2n) is 9.10. The van der Waals surface area contributed by atoms with Gasteiger partial charge in [-0.3, -0.25) is 9.69 Å². The van der Waals surface area contributed by atoms with E-state index in [2.05, 4.69) is 4.74 Å². The third-order valence-electron chi connectivity index (χ3n) is 5.10. The number of carbonyl (C=O) groups is 2. The maximum absolute atomic E-state index is 12.8. The lowest BCUT2D eigenvalue weighted by Crippen LogP contribution is -2.63. The molecule has 0 bridgehead atoms. The molecule has 1 aliphatic rings. The summed E-state index contributed by atoms with van der Waals surface area (Å²) in [6.45, 7) is 4.51. The lowest BCUT2D eigenvalue weighted by atomic mass is 9.57. The first-order valence-corrected chi connectivity index (χ1v) is 9.88. The molecule has 1 amide bonds. The monoisotopic (exact) mass is 461 g/mol. The Morgan fingerprint density at radius 3 is 1.97 bits per heavy atom. The van der Waals surface area contributed by atoms with Gasteiger partial charge < -0.3 is 9.84 Å². The summed E-state index contributed by atoms with van der Waals surface area (Å²) in [5.74, 6) is -0.638. The Labute approximate surface area is 184 Å². The molecule has 164 valence electrons. The van der Waals surface area contributed by atoms with E-state index in [9.17, 15) is 23.5 Å². The number of alkyl halides is 2. The highest BCUT2D eigenvalue weighted by molar-refractivity contribution is 6.37. The van der Waals surface area contributed by atoms with E-state index in [1.165, 1.54) is 0 Å². The zero-order chi connectivity index (χ0) is 23.1. The summed E-state index contributed by atoms with van der Waals surface area (Å²) in [6, 6.07) is 2.30. The summed E-state index contributed by atoms with van der Waals surface area (Å²) >= 11 is 12.1. The van der Waals surface area contributed by atoms with E-state index >= 15 is 0 Å². The van der Waals surface area contributed by atoms with Crippen molar-refractivity contribution in [2.24, 2.45) is 10.8 Å². The van der Waals surface area contributed by atoms with Crippen molar-refractivity contribution in [2.45, 2.75) is 59.1 Å². The van der Waals surface area contributed by atoms with Crippen molar-refractivity contribution >= 4 is 40.8 Å². The maximum atomic E-state index is 12.8. The van der Waals surface area contributed by atoms with Crippen LogP contribution >= 0.6 is 23.2 Å². The number of hydrogen-bond donors (Lipinski definition) is 1. The van der Waals surface area contributed by atoms with Crippen LogP contribution in [0.15, 0.2) is 12.1 Å². The van der Waals surface area contributed by atoms with E-state index in [-0.39, 0.29) is 28.6 Å². The minimum absolute atomic E-state index is 0.00883. The quantitative estimate of drug-likeness (QED) is 0.577. The van der Waals surface area contributed by atoms with E-state index in [0.29, 0.717) is 0 Å². The Morgan fingerprint density at radius 2 is 1.60 bits per heavy atom. The molecule has 0 aromatic heterocycles. The highest BCUT2D eigenvalue weighted by atomic mass is 35.5. The molecule has 0 spiro atoms. The number of amides is 1. The molecule has 1 saturated carbocycles. The number of benzene rings is 1. The standard InChI is InChI=1S/C21H23Cl2F2NO4/c1-6-15(27)26(12-7-13(22)16(14(23)8-12)30-18(24)25)21(17(28)29)10-19(2,3)9-20(4,5)11-21/h1,7-8,18H,9-11H2,2-5H3,(H,28,29). The van der Waals surface area contributed by atoms with Gasteiger partial charge in [-0.1, -0.05) is 50.9 Å². The molecule has 9 heteroatoms. The van der Waals surface area contributed by atoms with Crippen LogP contribution in [0.1, 0.15) is 47.0 Å². The van der Waals surface area contributed by atoms with Gasteiger partial charge in [0.05, 0.1) is 10.0 Å². The number of aliphatic carboxylic acids is 1.